The van der Waals surface area contributed by atoms with Crippen molar-refractivity contribution in [1.29, 1.82) is 0 Å². The predicted molar refractivity (Wildman–Crippen MR) is 129 cm³/mol. The van der Waals surface area contributed by atoms with Crippen molar-refractivity contribution in [3.63, 3.8) is 0 Å². The van der Waals surface area contributed by atoms with Crippen molar-refractivity contribution in [2.75, 3.05) is 5.32 Å². The van der Waals surface area contributed by atoms with E-state index in [0.29, 0.717) is 11.3 Å². The number of carbonyl (C=O) groups is 1. The molecule has 0 atom stereocenters. The van der Waals surface area contributed by atoms with E-state index in [2.05, 4.69) is 20.7 Å². The Labute approximate surface area is 207 Å². The van der Waals surface area contributed by atoms with Gasteiger partial charge in [-0.2, -0.15) is 18.3 Å². The van der Waals surface area contributed by atoms with E-state index in [4.69, 9.17) is 12.2 Å². The Bertz CT molecular complexity index is 1610. The zero-order valence-corrected chi connectivity index (χ0v) is 19.4. The topological polar surface area (TPSA) is 82.6 Å². The van der Waals surface area contributed by atoms with Crippen LogP contribution in [-0.4, -0.2) is 35.2 Å². The molecule has 0 unspecified atom stereocenters. The minimum atomic E-state index is -4.61. The van der Waals surface area contributed by atoms with Gasteiger partial charge < -0.3 is 5.32 Å². The van der Waals surface area contributed by atoms with Crippen LogP contribution in [0.2, 0.25) is 0 Å². The third kappa shape index (κ3) is 4.62. The van der Waals surface area contributed by atoms with Crippen LogP contribution < -0.4 is 5.32 Å². The molecule has 0 radical (unpaired) electrons. The summed E-state index contributed by atoms with van der Waals surface area (Å²) in [6.45, 7) is -0.180. The number of amides is 1. The second-order valence-corrected chi connectivity index (χ2v) is 8.22. The van der Waals surface area contributed by atoms with Crippen molar-refractivity contribution in [3.8, 4) is 5.69 Å². The van der Waals surface area contributed by atoms with E-state index >= 15 is 0 Å². The molecule has 182 valence electrons. The second-order valence-electron chi connectivity index (χ2n) is 7.85. The number of nitrogens with zero attached hydrogens (tertiary/aromatic N) is 6. The lowest BCUT2D eigenvalue weighted by Gasteiger charge is -2.13. The van der Waals surface area contributed by atoms with Gasteiger partial charge in [0.15, 0.2) is 5.82 Å². The molecule has 5 rings (SSSR count). The molecule has 8 nitrogen and oxygen atoms in total. The second kappa shape index (κ2) is 9.38. The van der Waals surface area contributed by atoms with Gasteiger partial charge in [-0.1, -0.05) is 47.7 Å². The first-order valence-electron chi connectivity index (χ1n) is 10.8. The first kappa shape index (κ1) is 23.4. The molecule has 36 heavy (non-hydrogen) atoms. The summed E-state index contributed by atoms with van der Waals surface area (Å²) in [5, 5.41) is 15.2. The third-order valence-corrected chi connectivity index (χ3v) is 5.83. The van der Waals surface area contributed by atoms with Crippen LogP contribution in [0.25, 0.3) is 16.7 Å². The highest BCUT2D eigenvalue weighted by molar-refractivity contribution is 7.71. The summed E-state index contributed by atoms with van der Waals surface area (Å²) in [7, 11) is 0. The predicted octanol–water partition coefficient (Wildman–Crippen LogP) is 4.85. The van der Waals surface area contributed by atoms with Crippen molar-refractivity contribution in [2.24, 2.45) is 0 Å². The number of alkyl halides is 3. The van der Waals surface area contributed by atoms with Gasteiger partial charge in [-0.15, -0.1) is 5.10 Å². The summed E-state index contributed by atoms with van der Waals surface area (Å²) in [6, 6.07) is 21.4. The maximum Gasteiger partial charge on any atom is 0.418 e. The van der Waals surface area contributed by atoms with E-state index in [1.54, 1.807) is 9.25 Å². The summed E-state index contributed by atoms with van der Waals surface area (Å²) in [4.78, 5) is 12.7. The molecule has 0 bridgehead atoms. The third-order valence-electron chi connectivity index (χ3n) is 5.43. The minimum Gasteiger partial charge on any atom is -0.324 e. The molecule has 2 heterocycles. The van der Waals surface area contributed by atoms with E-state index < -0.39 is 17.6 Å². The highest BCUT2D eigenvalue weighted by Crippen LogP contribution is 2.34. The quantitative estimate of drug-likeness (QED) is 0.331. The van der Waals surface area contributed by atoms with E-state index in [1.807, 2.05) is 54.6 Å². The smallest absolute Gasteiger partial charge is 0.324 e. The normalized spacial score (nSPS) is 11.6. The highest BCUT2D eigenvalue weighted by Gasteiger charge is 2.33. The monoisotopic (exact) mass is 509 g/mol. The van der Waals surface area contributed by atoms with Crippen LogP contribution in [0.15, 0.2) is 78.9 Å². The van der Waals surface area contributed by atoms with Gasteiger partial charge in [-0.25, -0.2) is 9.36 Å². The lowest BCUT2D eigenvalue weighted by atomic mass is 10.1. The van der Waals surface area contributed by atoms with Gasteiger partial charge in [-0.3, -0.25) is 9.36 Å². The molecular formula is C24H18F3N7OS. The fraction of sp³-hybridized carbons (Fsp3) is 0.125. The molecule has 2 aromatic heterocycles. The van der Waals surface area contributed by atoms with Crippen LogP contribution >= 0.6 is 12.2 Å². The Morgan fingerprint density at radius 3 is 2.39 bits per heavy atom. The van der Waals surface area contributed by atoms with E-state index in [-0.39, 0.29) is 23.5 Å². The average Bonchev–Trinajstić information content (AvgIpc) is 3.40. The van der Waals surface area contributed by atoms with Gasteiger partial charge in [0.1, 0.15) is 18.6 Å². The summed E-state index contributed by atoms with van der Waals surface area (Å²) >= 11 is 5.61. The molecule has 1 amide bonds. The Kier molecular flexibility index (Phi) is 6.10. The number of para-hydroxylation sites is 3. The van der Waals surface area contributed by atoms with Crippen LogP contribution in [-0.2, 0) is 24.1 Å². The van der Waals surface area contributed by atoms with E-state index in [9.17, 15) is 18.0 Å². The molecule has 0 aliphatic rings. The van der Waals surface area contributed by atoms with Crippen molar-refractivity contribution in [2.45, 2.75) is 19.3 Å². The van der Waals surface area contributed by atoms with Crippen LogP contribution in [0, 0.1) is 4.77 Å². The fourth-order valence-corrected chi connectivity index (χ4v) is 4.14. The molecule has 12 heteroatoms. The number of halogens is 3. The van der Waals surface area contributed by atoms with Crippen molar-refractivity contribution in [1.82, 2.24) is 29.3 Å². The molecule has 0 spiro atoms. The summed E-state index contributed by atoms with van der Waals surface area (Å²) in [5.41, 5.74) is 0.952. The number of carbonyl (C=O) groups excluding carboxylic acids is 1. The van der Waals surface area contributed by atoms with Crippen LogP contribution in [0.1, 0.15) is 11.4 Å². The summed E-state index contributed by atoms with van der Waals surface area (Å²) < 4.78 is 44.8. The largest absolute Gasteiger partial charge is 0.418 e. The summed E-state index contributed by atoms with van der Waals surface area (Å²) in [5.74, 6) is -0.219. The summed E-state index contributed by atoms with van der Waals surface area (Å²) in [6.07, 6.45) is -4.61. The van der Waals surface area contributed by atoms with Crippen LogP contribution in [0.3, 0.4) is 0 Å². The number of rotatable bonds is 6. The molecule has 3 aromatic carbocycles. The molecule has 0 aliphatic carbocycles. The van der Waals surface area contributed by atoms with Gasteiger partial charge in [0, 0.05) is 5.69 Å². The fourth-order valence-electron chi connectivity index (χ4n) is 3.83. The van der Waals surface area contributed by atoms with Gasteiger partial charge in [-0.05, 0) is 48.6 Å². The van der Waals surface area contributed by atoms with Gasteiger partial charge in [0.25, 0.3) is 0 Å². The highest BCUT2D eigenvalue weighted by atomic mass is 32.1. The molecule has 5 aromatic rings. The van der Waals surface area contributed by atoms with E-state index in [1.165, 1.54) is 22.9 Å². The maximum absolute atomic E-state index is 13.3. The molecule has 0 saturated heterocycles. The number of fused-ring (bicyclic) bond motifs is 1. The van der Waals surface area contributed by atoms with Gasteiger partial charge >= 0.3 is 6.18 Å². The van der Waals surface area contributed by atoms with Gasteiger partial charge in [0.2, 0.25) is 10.7 Å². The first-order chi connectivity index (χ1) is 17.3. The zero-order chi connectivity index (χ0) is 25.3. The number of hydrogen-bond donors (Lipinski definition) is 1. The number of anilines is 1. The Morgan fingerprint density at radius 1 is 0.917 bits per heavy atom. The molecule has 0 fully saturated rings. The van der Waals surface area contributed by atoms with Crippen molar-refractivity contribution >= 4 is 34.8 Å². The Balaban J connectivity index is 1.49. The Morgan fingerprint density at radius 2 is 1.61 bits per heavy atom. The average molecular weight is 510 g/mol. The molecule has 1 N–H and O–H groups in total. The number of hydrogen-bond acceptors (Lipinski definition) is 5. The zero-order valence-electron chi connectivity index (χ0n) is 18.6. The molecular weight excluding hydrogens is 491 g/mol. The molecule has 0 aliphatic heterocycles. The van der Waals surface area contributed by atoms with E-state index in [0.717, 1.165) is 17.3 Å². The van der Waals surface area contributed by atoms with Crippen molar-refractivity contribution in [3.05, 3.63) is 95.0 Å². The standard InChI is InChI=1S/C24H18F3N7OS/c25-24(26,27)17-10-4-5-11-18(17)28-22(35)15-33-23(36)34(16-8-2-1-3-9-16)21(30-33)14-32-20-13-7-6-12-19(20)29-31-32/h1-13H,14-15H2,(H,28,35). The van der Waals surface area contributed by atoms with Crippen LogP contribution in [0.5, 0.6) is 0 Å². The first-order valence-corrected chi connectivity index (χ1v) is 11.2. The maximum atomic E-state index is 13.3. The number of benzene rings is 3. The molecule has 0 saturated carbocycles. The minimum absolute atomic E-state index is 0.199. The Hall–Kier alpha value is -4.32. The number of aromatic nitrogens is 6. The number of nitrogens with one attached hydrogen (secondary N) is 1. The van der Waals surface area contributed by atoms with Crippen LogP contribution in [0.4, 0.5) is 18.9 Å². The van der Waals surface area contributed by atoms with Crippen molar-refractivity contribution < 1.29 is 18.0 Å². The van der Waals surface area contributed by atoms with Gasteiger partial charge in [0.05, 0.1) is 16.8 Å². The lowest BCUT2D eigenvalue weighted by Crippen LogP contribution is -2.22. The SMILES string of the molecule is O=C(Cn1nc(Cn2nnc3ccccc32)n(-c2ccccc2)c1=S)Nc1ccccc1C(F)(F)F. The lowest BCUT2D eigenvalue weighted by molar-refractivity contribution is -0.137.